The fourth-order valence-electron chi connectivity index (χ4n) is 2.28. The molecule has 1 aliphatic rings. The van der Waals surface area contributed by atoms with Crippen molar-refractivity contribution in [1.29, 1.82) is 0 Å². The maximum absolute atomic E-state index is 5.88. The molecule has 3 nitrogen and oxygen atoms in total. The summed E-state index contributed by atoms with van der Waals surface area (Å²) in [6.07, 6.45) is 1.34. The minimum absolute atomic E-state index is 0.216. The van der Waals surface area contributed by atoms with Crippen molar-refractivity contribution in [2.75, 3.05) is 19.8 Å². The van der Waals surface area contributed by atoms with E-state index >= 15 is 0 Å². The molecule has 1 aromatic carbocycles. The van der Waals surface area contributed by atoms with Gasteiger partial charge in [0.1, 0.15) is 5.75 Å². The zero-order chi connectivity index (χ0) is 13.0. The minimum atomic E-state index is 0.216. The summed E-state index contributed by atoms with van der Waals surface area (Å²) in [5.41, 5.74) is 7.18. The maximum Gasteiger partial charge on any atom is 0.119 e. The standard InChI is InChI=1S/C15H23NO2/c1-11(2)18-15-5-3-13(4-6-15)14(8-16)7-12-9-17-10-12/h3-6,11-12,14H,7-10,16H2,1-2H3. The van der Waals surface area contributed by atoms with E-state index in [1.165, 1.54) is 5.56 Å². The summed E-state index contributed by atoms with van der Waals surface area (Å²) in [5.74, 6) is 2.05. The average Bonchev–Trinajstić information content (AvgIpc) is 2.29. The van der Waals surface area contributed by atoms with Gasteiger partial charge in [0.2, 0.25) is 0 Å². The molecule has 1 fully saturated rings. The fraction of sp³-hybridized carbons (Fsp3) is 0.600. The van der Waals surface area contributed by atoms with Crippen LogP contribution < -0.4 is 10.5 Å². The molecule has 1 atom stereocenters. The molecule has 0 amide bonds. The van der Waals surface area contributed by atoms with Crippen molar-refractivity contribution < 1.29 is 9.47 Å². The first-order chi connectivity index (χ1) is 8.69. The molecule has 0 aromatic heterocycles. The number of nitrogens with two attached hydrogens (primary N) is 1. The molecular formula is C15H23NO2. The van der Waals surface area contributed by atoms with Crippen LogP contribution in [0.3, 0.4) is 0 Å². The largest absolute Gasteiger partial charge is 0.491 e. The third-order valence-electron chi connectivity index (χ3n) is 3.33. The van der Waals surface area contributed by atoms with Crippen LogP contribution in [-0.4, -0.2) is 25.9 Å². The van der Waals surface area contributed by atoms with Crippen molar-refractivity contribution in [1.82, 2.24) is 0 Å². The van der Waals surface area contributed by atoms with E-state index < -0.39 is 0 Å². The predicted molar refractivity (Wildman–Crippen MR) is 72.9 cm³/mol. The van der Waals surface area contributed by atoms with Crippen molar-refractivity contribution in [3.05, 3.63) is 29.8 Å². The Hall–Kier alpha value is -1.06. The first-order valence-corrected chi connectivity index (χ1v) is 6.73. The molecule has 0 spiro atoms. The van der Waals surface area contributed by atoms with Crippen LogP contribution in [0.4, 0.5) is 0 Å². The Balaban J connectivity index is 1.97. The van der Waals surface area contributed by atoms with Crippen molar-refractivity contribution in [3.8, 4) is 5.75 Å². The molecule has 0 aliphatic carbocycles. The summed E-state index contributed by atoms with van der Waals surface area (Å²) in [6, 6.07) is 8.34. The second kappa shape index (κ2) is 6.21. The van der Waals surface area contributed by atoms with Crippen LogP contribution >= 0.6 is 0 Å². The van der Waals surface area contributed by atoms with Crippen LogP contribution in [-0.2, 0) is 4.74 Å². The highest BCUT2D eigenvalue weighted by atomic mass is 16.5. The summed E-state index contributed by atoms with van der Waals surface area (Å²) >= 11 is 0. The Morgan fingerprint density at radius 1 is 1.28 bits per heavy atom. The zero-order valence-electron chi connectivity index (χ0n) is 11.3. The molecule has 1 aliphatic heterocycles. The highest BCUT2D eigenvalue weighted by molar-refractivity contribution is 5.30. The topological polar surface area (TPSA) is 44.5 Å². The Labute approximate surface area is 109 Å². The van der Waals surface area contributed by atoms with E-state index in [2.05, 4.69) is 12.1 Å². The summed E-state index contributed by atoms with van der Waals surface area (Å²) < 4.78 is 10.9. The van der Waals surface area contributed by atoms with Crippen LogP contribution in [0.25, 0.3) is 0 Å². The van der Waals surface area contributed by atoms with Gasteiger partial charge in [-0.25, -0.2) is 0 Å². The zero-order valence-corrected chi connectivity index (χ0v) is 11.3. The molecule has 1 saturated heterocycles. The molecule has 1 heterocycles. The first-order valence-electron chi connectivity index (χ1n) is 6.73. The van der Waals surface area contributed by atoms with Crippen molar-refractivity contribution >= 4 is 0 Å². The summed E-state index contributed by atoms with van der Waals surface area (Å²) in [7, 11) is 0. The van der Waals surface area contributed by atoms with Gasteiger partial charge >= 0.3 is 0 Å². The van der Waals surface area contributed by atoms with Gasteiger partial charge in [0.25, 0.3) is 0 Å². The smallest absolute Gasteiger partial charge is 0.119 e. The quantitative estimate of drug-likeness (QED) is 0.842. The number of hydrogen-bond donors (Lipinski definition) is 1. The van der Waals surface area contributed by atoms with Gasteiger partial charge < -0.3 is 15.2 Å². The normalized spacial score (nSPS) is 17.6. The molecular weight excluding hydrogens is 226 g/mol. The van der Waals surface area contributed by atoms with Crippen LogP contribution in [0.15, 0.2) is 24.3 Å². The predicted octanol–water partition coefficient (Wildman–Crippen LogP) is 2.55. The first kappa shape index (κ1) is 13.4. The fourth-order valence-corrected chi connectivity index (χ4v) is 2.28. The molecule has 0 saturated carbocycles. The summed E-state index contributed by atoms with van der Waals surface area (Å²) in [5, 5.41) is 0. The van der Waals surface area contributed by atoms with E-state index in [4.69, 9.17) is 15.2 Å². The number of ether oxygens (including phenoxy) is 2. The third-order valence-corrected chi connectivity index (χ3v) is 3.33. The van der Waals surface area contributed by atoms with Crippen LogP contribution in [0.5, 0.6) is 5.75 Å². The average molecular weight is 249 g/mol. The molecule has 0 radical (unpaired) electrons. The van der Waals surface area contributed by atoms with Gasteiger partial charge in [0.05, 0.1) is 19.3 Å². The van der Waals surface area contributed by atoms with E-state index in [0.29, 0.717) is 18.4 Å². The Kier molecular flexibility index (Phi) is 4.61. The molecule has 2 rings (SSSR count). The van der Waals surface area contributed by atoms with Crippen LogP contribution in [0, 0.1) is 5.92 Å². The summed E-state index contributed by atoms with van der Waals surface area (Å²) in [6.45, 7) is 6.55. The summed E-state index contributed by atoms with van der Waals surface area (Å²) in [4.78, 5) is 0. The van der Waals surface area contributed by atoms with E-state index in [-0.39, 0.29) is 6.10 Å². The van der Waals surface area contributed by atoms with Crippen molar-refractivity contribution in [2.45, 2.75) is 32.3 Å². The Morgan fingerprint density at radius 3 is 2.39 bits per heavy atom. The molecule has 18 heavy (non-hydrogen) atoms. The van der Waals surface area contributed by atoms with Gasteiger partial charge in [-0.15, -0.1) is 0 Å². The number of benzene rings is 1. The van der Waals surface area contributed by atoms with Gasteiger partial charge in [-0.2, -0.15) is 0 Å². The van der Waals surface area contributed by atoms with Crippen LogP contribution in [0.1, 0.15) is 31.7 Å². The molecule has 100 valence electrons. The second-order valence-electron chi connectivity index (χ2n) is 5.31. The van der Waals surface area contributed by atoms with E-state index in [9.17, 15) is 0 Å². The minimum Gasteiger partial charge on any atom is -0.491 e. The van der Waals surface area contributed by atoms with Gasteiger partial charge in [-0.1, -0.05) is 12.1 Å². The monoisotopic (exact) mass is 249 g/mol. The lowest BCUT2D eigenvalue weighted by molar-refractivity contribution is -0.0382. The van der Waals surface area contributed by atoms with Crippen molar-refractivity contribution in [2.24, 2.45) is 11.7 Å². The number of hydrogen-bond acceptors (Lipinski definition) is 3. The van der Waals surface area contributed by atoms with Gasteiger partial charge in [0, 0.05) is 5.92 Å². The lowest BCUT2D eigenvalue weighted by atomic mass is 9.88. The second-order valence-corrected chi connectivity index (χ2v) is 5.31. The van der Waals surface area contributed by atoms with E-state index in [0.717, 1.165) is 25.4 Å². The van der Waals surface area contributed by atoms with Crippen molar-refractivity contribution in [3.63, 3.8) is 0 Å². The maximum atomic E-state index is 5.88. The van der Waals surface area contributed by atoms with Gasteiger partial charge in [-0.3, -0.25) is 0 Å². The Morgan fingerprint density at radius 2 is 1.94 bits per heavy atom. The Bertz CT molecular complexity index is 357. The molecule has 2 N–H and O–H groups in total. The lowest BCUT2D eigenvalue weighted by Crippen LogP contribution is -2.30. The van der Waals surface area contributed by atoms with E-state index in [1.54, 1.807) is 0 Å². The molecule has 1 aromatic rings. The molecule has 0 bridgehead atoms. The highest BCUT2D eigenvalue weighted by Gasteiger charge is 2.23. The number of rotatable bonds is 6. The third kappa shape index (κ3) is 3.47. The molecule has 3 heteroatoms. The SMILES string of the molecule is CC(C)Oc1ccc(C(CN)CC2COC2)cc1. The highest BCUT2D eigenvalue weighted by Crippen LogP contribution is 2.28. The van der Waals surface area contributed by atoms with Gasteiger partial charge in [0.15, 0.2) is 0 Å². The van der Waals surface area contributed by atoms with Crippen LogP contribution in [0.2, 0.25) is 0 Å². The van der Waals surface area contributed by atoms with E-state index in [1.807, 2.05) is 26.0 Å². The van der Waals surface area contributed by atoms with Gasteiger partial charge in [-0.05, 0) is 50.4 Å². The lowest BCUT2D eigenvalue weighted by Gasteiger charge is -2.29. The molecule has 1 unspecified atom stereocenters.